The molecule has 6 aromatic rings. The molecule has 9 rings (SSSR count). The molecule has 2 aliphatic heterocycles. The zero-order valence-corrected chi connectivity index (χ0v) is 27.3. The van der Waals surface area contributed by atoms with E-state index in [0.717, 1.165) is 16.7 Å². The number of aromatic hydroxyl groups is 8. The first-order chi connectivity index (χ1) is 25.0. The highest BCUT2D eigenvalue weighted by Gasteiger charge is 2.49. The lowest BCUT2D eigenvalue weighted by molar-refractivity contribution is 0.216. The topological polar surface area (TPSA) is 180 Å². The van der Waals surface area contributed by atoms with Crippen molar-refractivity contribution in [1.29, 1.82) is 0 Å². The second-order valence-electron chi connectivity index (χ2n) is 13.7. The van der Waals surface area contributed by atoms with Gasteiger partial charge in [-0.3, -0.25) is 0 Å². The molecule has 0 fully saturated rings. The van der Waals surface area contributed by atoms with Crippen LogP contribution in [0.1, 0.15) is 80.0 Å². The van der Waals surface area contributed by atoms with Gasteiger partial charge in [-0.15, -0.1) is 0 Å². The average molecular weight is 697 g/mol. The number of phenolic OH excluding ortho intramolecular Hbond substituents is 8. The SMILES string of the molecule is Oc1ccc([C@H]2Oc3cc(O)cc4c3[C@@H]2c2cc(O)c3c(c2[C@H](c2ccc(O)cc2O)C4)O[C@@H](c2ccc(O)cc2)[C@@H]3c2cc(O)cc(O)c2)cc1. The highest BCUT2D eigenvalue weighted by molar-refractivity contribution is 5.70. The fourth-order valence-electron chi connectivity index (χ4n) is 8.45. The summed E-state index contributed by atoms with van der Waals surface area (Å²) in [7, 11) is 0. The van der Waals surface area contributed by atoms with E-state index in [9.17, 15) is 40.9 Å². The van der Waals surface area contributed by atoms with Crippen LogP contribution < -0.4 is 9.47 Å². The van der Waals surface area contributed by atoms with Gasteiger partial charge >= 0.3 is 0 Å². The van der Waals surface area contributed by atoms with E-state index in [0.29, 0.717) is 44.9 Å². The third-order valence-corrected chi connectivity index (χ3v) is 10.5. The van der Waals surface area contributed by atoms with Gasteiger partial charge < -0.3 is 50.3 Å². The van der Waals surface area contributed by atoms with Crippen molar-refractivity contribution in [2.45, 2.75) is 36.4 Å². The zero-order chi connectivity index (χ0) is 36.0. The van der Waals surface area contributed by atoms with Gasteiger partial charge in [-0.05, 0) is 88.8 Å². The van der Waals surface area contributed by atoms with E-state index < -0.39 is 30.0 Å². The Balaban J connectivity index is 1.36. The van der Waals surface area contributed by atoms with Crippen molar-refractivity contribution in [2.24, 2.45) is 0 Å². The monoisotopic (exact) mass is 696 g/mol. The fourth-order valence-corrected chi connectivity index (χ4v) is 8.45. The molecule has 0 amide bonds. The second-order valence-corrected chi connectivity index (χ2v) is 13.7. The van der Waals surface area contributed by atoms with E-state index in [1.54, 1.807) is 60.7 Å². The Morgan fingerprint density at radius 2 is 1.02 bits per heavy atom. The van der Waals surface area contributed by atoms with Crippen molar-refractivity contribution in [3.8, 4) is 57.5 Å². The van der Waals surface area contributed by atoms with Crippen molar-refractivity contribution in [3.05, 3.63) is 153 Å². The maximum atomic E-state index is 12.2. The number of benzene rings is 6. The summed E-state index contributed by atoms with van der Waals surface area (Å²) in [6.45, 7) is 0. The van der Waals surface area contributed by atoms with Crippen LogP contribution in [-0.4, -0.2) is 40.9 Å². The first-order valence-corrected chi connectivity index (χ1v) is 16.8. The third kappa shape index (κ3) is 4.86. The maximum Gasteiger partial charge on any atom is 0.135 e. The van der Waals surface area contributed by atoms with Gasteiger partial charge in [0.05, 0.1) is 11.8 Å². The molecule has 1 aliphatic carbocycles. The maximum absolute atomic E-state index is 12.2. The Kier molecular flexibility index (Phi) is 6.88. The lowest BCUT2D eigenvalue weighted by Gasteiger charge is -2.27. The molecule has 0 bridgehead atoms. The van der Waals surface area contributed by atoms with Gasteiger partial charge in [0.15, 0.2) is 0 Å². The zero-order valence-electron chi connectivity index (χ0n) is 27.3. The van der Waals surface area contributed by atoms with Crippen LogP contribution in [0.4, 0.5) is 0 Å². The number of fused-ring (bicyclic) bond motifs is 4. The van der Waals surface area contributed by atoms with E-state index >= 15 is 0 Å². The first-order valence-electron chi connectivity index (χ1n) is 16.8. The molecule has 10 heteroatoms. The second kappa shape index (κ2) is 11.4. The van der Waals surface area contributed by atoms with Gasteiger partial charge in [-0.25, -0.2) is 0 Å². The smallest absolute Gasteiger partial charge is 0.135 e. The van der Waals surface area contributed by atoms with E-state index in [1.165, 1.54) is 42.5 Å². The lowest BCUT2D eigenvalue weighted by atomic mass is 9.77. The minimum Gasteiger partial charge on any atom is -0.508 e. The Hall–Kier alpha value is -6.68. The van der Waals surface area contributed by atoms with Crippen LogP contribution in [0.3, 0.4) is 0 Å². The molecule has 0 radical (unpaired) electrons. The molecule has 52 heavy (non-hydrogen) atoms. The Labute approximate surface area is 296 Å². The molecule has 0 unspecified atom stereocenters. The van der Waals surface area contributed by atoms with E-state index in [-0.39, 0.29) is 52.4 Å². The highest BCUT2D eigenvalue weighted by Crippen LogP contribution is 2.63. The van der Waals surface area contributed by atoms with Crippen molar-refractivity contribution < 1.29 is 50.3 Å². The first kappa shape index (κ1) is 31.3. The molecular formula is C42H32O10. The molecule has 8 N–H and O–H groups in total. The summed E-state index contributed by atoms with van der Waals surface area (Å²) >= 11 is 0. The molecular weight excluding hydrogens is 664 g/mol. The average Bonchev–Trinajstić information content (AvgIpc) is 3.64. The van der Waals surface area contributed by atoms with Crippen molar-refractivity contribution in [2.75, 3.05) is 0 Å². The van der Waals surface area contributed by atoms with E-state index in [4.69, 9.17) is 9.47 Å². The highest BCUT2D eigenvalue weighted by atomic mass is 16.5. The quantitative estimate of drug-likeness (QED) is 0.0917. The van der Waals surface area contributed by atoms with Crippen LogP contribution in [-0.2, 0) is 6.42 Å². The molecule has 0 aromatic heterocycles. The van der Waals surface area contributed by atoms with Crippen LogP contribution in [0.25, 0.3) is 0 Å². The minimum absolute atomic E-state index is 0.0148. The largest absolute Gasteiger partial charge is 0.508 e. The number of rotatable bonds is 4. The van der Waals surface area contributed by atoms with Crippen LogP contribution in [0.15, 0.2) is 103 Å². The summed E-state index contributed by atoms with van der Waals surface area (Å²) < 4.78 is 13.5. The Bertz CT molecular complexity index is 2380. The number of hydrogen-bond donors (Lipinski definition) is 8. The third-order valence-electron chi connectivity index (χ3n) is 10.5. The standard InChI is InChI=1S/C42H32O10/c43-23-5-1-19(2-6-23)40-36(21-11-26(46)15-27(47)12-21)39-33(50)18-31-37(42(39)52-40)30(29-10-9-25(45)16-32(29)49)14-22-13-28(48)17-34-35(22)38(31)41(51-34)20-3-7-24(44)8-4-20/h1-13,15-18,30,36,38,40-41,43-50H,14H2/t30-,36+,38-,40-,41+/m0/s1. The molecule has 5 atom stereocenters. The van der Waals surface area contributed by atoms with Crippen LogP contribution in [0.2, 0.25) is 0 Å². The fraction of sp³-hybridized carbons (Fsp3) is 0.143. The van der Waals surface area contributed by atoms with Crippen molar-refractivity contribution in [3.63, 3.8) is 0 Å². The number of ether oxygens (including phenoxy) is 2. The van der Waals surface area contributed by atoms with Crippen LogP contribution >= 0.6 is 0 Å². The van der Waals surface area contributed by atoms with Gasteiger partial charge in [0.2, 0.25) is 0 Å². The van der Waals surface area contributed by atoms with Crippen molar-refractivity contribution in [1.82, 2.24) is 0 Å². The molecule has 2 heterocycles. The summed E-state index contributed by atoms with van der Waals surface area (Å²) in [5.41, 5.74) is 5.50. The normalized spacial score (nSPS) is 21.0. The van der Waals surface area contributed by atoms with Crippen LogP contribution in [0, 0.1) is 0 Å². The van der Waals surface area contributed by atoms with Gasteiger partial charge in [-0.1, -0.05) is 30.3 Å². The van der Waals surface area contributed by atoms with E-state index in [1.807, 2.05) is 0 Å². The molecule has 0 saturated carbocycles. The molecule has 10 nitrogen and oxygen atoms in total. The lowest BCUT2D eigenvalue weighted by Crippen LogP contribution is -2.14. The van der Waals surface area contributed by atoms with Crippen molar-refractivity contribution >= 4 is 0 Å². The van der Waals surface area contributed by atoms with Crippen LogP contribution in [0.5, 0.6) is 57.5 Å². The van der Waals surface area contributed by atoms with Gasteiger partial charge in [-0.2, -0.15) is 0 Å². The summed E-state index contributed by atoms with van der Waals surface area (Å²) in [5.74, 6) is -1.83. The van der Waals surface area contributed by atoms with E-state index in [2.05, 4.69) is 0 Å². The molecule has 260 valence electrons. The summed E-state index contributed by atoms with van der Waals surface area (Å²) in [6.07, 6.45) is -1.21. The predicted molar refractivity (Wildman–Crippen MR) is 188 cm³/mol. The molecule has 6 aromatic carbocycles. The van der Waals surface area contributed by atoms with Gasteiger partial charge in [0, 0.05) is 46.4 Å². The predicted octanol–water partition coefficient (Wildman–Crippen LogP) is 7.55. The summed E-state index contributed by atoms with van der Waals surface area (Å²) in [6, 6.07) is 26.6. The molecule has 0 spiro atoms. The number of hydrogen-bond acceptors (Lipinski definition) is 10. The van der Waals surface area contributed by atoms with Gasteiger partial charge in [0.1, 0.15) is 69.7 Å². The molecule has 3 aliphatic rings. The minimum atomic E-state index is -0.804. The summed E-state index contributed by atoms with van der Waals surface area (Å²) in [4.78, 5) is 0. The van der Waals surface area contributed by atoms with Gasteiger partial charge in [0.25, 0.3) is 0 Å². The summed E-state index contributed by atoms with van der Waals surface area (Å²) in [5, 5.41) is 86.2. The Morgan fingerprint density at radius 1 is 0.423 bits per heavy atom. The Morgan fingerprint density at radius 3 is 1.65 bits per heavy atom. The molecule has 0 saturated heterocycles. The number of phenols is 8.